The molecule has 0 spiro atoms. The molecule has 0 unspecified atom stereocenters. The van der Waals surface area contributed by atoms with E-state index in [0.717, 1.165) is 41.5 Å². The van der Waals surface area contributed by atoms with Crippen molar-refractivity contribution >= 4 is 37.2 Å². The van der Waals surface area contributed by atoms with E-state index in [1.54, 1.807) is 36.4 Å². The summed E-state index contributed by atoms with van der Waals surface area (Å²) in [7, 11) is -8.83. The molecule has 4 aromatic rings. The van der Waals surface area contributed by atoms with Gasteiger partial charge in [0.2, 0.25) is 15.6 Å². The predicted octanol–water partition coefficient (Wildman–Crippen LogP) is 4.74. The van der Waals surface area contributed by atoms with Gasteiger partial charge in [-0.05, 0) is 59.2 Å². The van der Waals surface area contributed by atoms with Gasteiger partial charge >= 0.3 is 0 Å². The molecule has 0 aliphatic carbocycles. The summed E-state index contributed by atoms with van der Waals surface area (Å²) in [5.74, 6) is -4.48. The van der Waals surface area contributed by atoms with Gasteiger partial charge in [0.25, 0.3) is 15.9 Å². The lowest BCUT2D eigenvalue weighted by atomic mass is 10.0. The van der Waals surface area contributed by atoms with Crippen LogP contribution in [-0.4, -0.2) is 28.5 Å². The van der Waals surface area contributed by atoms with Crippen LogP contribution in [0.25, 0.3) is 11.1 Å². The Bertz CT molecular complexity index is 1970. The summed E-state index contributed by atoms with van der Waals surface area (Å²) in [6.45, 7) is -0.0669. The fourth-order valence-corrected chi connectivity index (χ4v) is 6.67. The zero-order valence-electron chi connectivity index (χ0n) is 21.3. The standard InChI is InChI=1S/C29H19F3N2O6S2/c30-20-7-5-19(6-8-20)18-3-1-17(2-4-18)15-33-29(36)26-16-41(37,38)27-10-9-24(14-25(27)28(26)35)42(39,40)34-23-12-21(31)11-22(32)13-23/h1-14,16,34H,15H2,(H,33,36). The quantitative estimate of drug-likeness (QED) is 0.291. The highest BCUT2D eigenvalue weighted by Gasteiger charge is 2.34. The minimum atomic E-state index is -4.52. The first-order valence-corrected chi connectivity index (χ1v) is 15.1. The number of sulfone groups is 1. The van der Waals surface area contributed by atoms with Crippen LogP contribution in [0, 0.1) is 17.5 Å². The lowest BCUT2D eigenvalue weighted by Gasteiger charge is -2.17. The van der Waals surface area contributed by atoms with Crippen LogP contribution in [0.5, 0.6) is 0 Å². The second-order valence-corrected chi connectivity index (χ2v) is 12.7. The molecule has 0 bridgehead atoms. The summed E-state index contributed by atoms with van der Waals surface area (Å²) in [4.78, 5) is 25.0. The van der Waals surface area contributed by atoms with Gasteiger partial charge in [-0.1, -0.05) is 36.4 Å². The van der Waals surface area contributed by atoms with E-state index in [2.05, 4.69) is 5.32 Å². The monoisotopic (exact) mass is 612 g/mol. The molecule has 0 saturated heterocycles. The molecule has 0 radical (unpaired) electrons. The number of ketones is 1. The number of hydrogen-bond donors (Lipinski definition) is 2. The first kappa shape index (κ1) is 28.8. The Balaban J connectivity index is 1.35. The van der Waals surface area contributed by atoms with Crippen LogP contribution in [0.3, 0.4) is 0 Å². The normalized spacial score (nSPS) is 14.1. The highest BCUT2D eigenvalue weighted by atomic mass is 32.2. The number of Topliss-reactive ketones (excluding diaryl/α,β-unsaturated/α-hetero) is 1. The highest BCUT2D eigenvalue weighted by molar-refractivity contribution is 7.94. The summed E-state index contributed by atoms with van der Waals surface area (Å²) in [6.07, 6.45) is 0. The maximum absolute atomic E-state index is 13.5. The van der Waals surface area contributed by atoms with Gasteiger partial charge < -0.3 is 5.32 Å². The Morgan fingerprint density at radius 2 is 1.36 bits per heavy atom. The van der Waals surface area contributed by atoms with E-state index in [0.29, 0.717) is 17.0 Å². The molecule has 42 heavy (non-hydrogen) atoms. The Hall–Kier alpha value is -4.75. The predicted molar refractivity (Wildman–Crippen MR) is 147 cm³/mol. The zero-order chi connectivity index (χ0) is 30.2. The Morgan fingerprint density at radius 3 is 1.98 bits per heavy atom. The van der Waals surface area contributed by atoms with Crippen LogP contribution in [0.2, 0.25) is 0 Å². The average molecular weight is 613 g/mol. The number of hydrogen-bond acceptors (Lipinski definition) is 6. The van der Waals surface area contributed by atoms with Crippen molar-refractivity contribution in [3.05, 3.63) is 124 Å². The number of carbonyl (C=O) groups is 2. The van der Waals surface area contributed by atoms with Crippen molar-refractivity contribution in [3.8, 4) is 11.1 Å². The van der Waals surface area contributed by atoms with Gasteiger partial charge in [0.1, 0.15) is 17.5 Å². The molecule has 8 nitrogen and oxygen atoms in total. The topological polar surface area (TPSA) is 126 Å². The van der Waals surface area contributed by atoms with Crippen molar-refractivity contribution in [1.29, 1.82) is 0 Å². The maximum atomic E-state index is 13.5. The number of rotatable bonds is 7. The molecule has 1 aliphatic rings. The van der Waals surface area contributed by atoms with Crippen molar-refractivity contribution < 1.29 is 39.6 Å². The van der Waals surface area contributed by atoms with E-state index in [-0.39, 0.29) is 12.4 Å². The van der Waals surface area contributed by atoms with E-state index in [4.69, 9.17) is 0 Å². The van der Waals surface area contributed by atoms with Crippen LogP contribution in [-0.2, 0) is 31.2 Å². The van der Waals surface area contributed by atoms with Gasteiger partial charge in [0, 0.05) is 18.2 Å². The van der Waals surface area contributed by atoms with Gasteiger partial charge in [-0.15, -0.1) is 0 Å². The van der Waals surface area contributed by atoms with Crippen molar-refractivity contribution in [2.75, 3.05) is 4.72 Å². The highest BCUT2D eigenvalue weighted by Crippen LogP contribution is 2.30. The van der Waals surface area contributed by atoms with Crippen LogP contribution in [0.15, 0.2) is 106 Å². The van der Waals surface area contributed by atoms with E-state index in [1.165, 1.54) is 12.1 Å². The number of halogens is 3. The van der Waals surface area contributed by atoms with Crippen molar-refractivity contribution in [1.82, 2.24) is 5.32 Å². The van der Waals surface area contributed by atoms with Gasteiger partial charge in [-0.3, -0.25) is 14.3 Å². The fraction of sp³-hybridized carbons (Fsp3) is 0.0345. The number of sulfonamides is 1. The molecule has 1 aliphatic heterocycles. The Labute approximate surface area is 238 Å². The molecule has 4 aromatic carbocycles. The molecule has 0 fully saturated rings. The number of carbonyl (C=O) groups excluding carboxylic acids is 2. The molecule has 1 heterocycles. The minimum absolute atomic E-state index is 0.0669. The van der Waals surface area contributed by atoms with Gasteiger partial charge in [-0.25, -0.2) is 30.0 Å². The first-order chi connectivity index (χ1) is 19.8. The van der Waals surface area contributed by atoms with E-state index in [9.17, 15) is 39.6 Å². The summed E-state index contributed by atoms with van der Waals surface area (Å²) >= 11 is 0. The lowest BCUT2D eigenvalue weighted by molar-refractivity contribution is -0.117. The molecule has 2 N–H and O–H groups in total. The molecule has 0 aromatic heterocycles. The van der Waals surface area contributed by atoms with Crippen molar-refractivity contribution in [2.24, 2.45) is 0 Å². The number of nitrogens with one attached hydrogen (secondary N) is 2. The van der Waals surface area contributed by atoms with E-state index < -0.39 is 69.8 Å². The summed E-state index contributed by atoms with van der Waals surface area (Å²) in [6, 6.07) is 17.3. The average Bonchev–Trinajstić information content (AvgIpc) is 2.93. The maximum Gasteiger partial charge on any atom is 0.261 e. The minimum Gasteiger partial charge on any atom is -0.348 e. The SMILES string of the molecule is O=C(NCc1ccc(-c2ccc(F)cc2)cc1)C1=CS(=O)(=O)c2ccc(S(=O)(=O)Nc3cc(F)cc(F)c3)cc2C1=O. The molecule has 13 heteroatoms. The first-order valence-electron chi connectivity index (χ1n) is 12.1. The molecular formula is C29H19F3N2O6S2. The third-order valence-corrected chi connectivity index (χ3v) is 9.17. The zero-order valence-corrected chi connectivity index (χ0v) is 22.9. The van der Waals surface area contributed by atoms with Crippen molar-refractivity contribution in [3.63, 3.8) is 0 Å². The summed E-state index contributed by atoms with van der Waals surface area (Å²) < 4.78 is 93.6. The molecular weight excluding hydrogens is 593 g/mol. The summed E-state index contributed by atoms with van der Waals surface area (Å²) in [5.41, 5.74) is 0.471. The second-order valence-electron chi connectivity index (χ2n) is 9.21. The molecule has 5 rings (SSSR count). The van der Waals surface area contributed by atoms with Crippen molar-refractivity contribution in [2.45, 2.75) is 16.3 Å². The van der Waals surface area contributed by atoms with Gasteiger partial charge in [0.05, 0.1) is 26.5 Å². The van der Waals surface area contributed by atoms with Gasteiger partial charge in [-0.2, -0.15) is 0 Å². The number of anilines is 1. The molecule has 1 amide bonds. The third kappa shape index (κ3) is 5.97. The Morgan fingerprint density at radius 1 is 0.762 bits per heavy atom. The van der Waals surface area contributed by atoms with Crippen LogP contribution in [0.4, 0.5) is 18.9 Å². The number of benzene rings is 4. The van der Waals surface area contributed by atoms with Crippen LogP contribution >= 0.6 is 0 Å². The molecule has 214 valence electrons. The number of amides is 1. The Kier molecular flexibility index (Phi) is 7.47. The number of fused-ring (bicyclic) bond motifs is 1. The smallest absolute Gasteiger partial charge is 0.261 e. The second kappa shape index (κ2) is 10.9. The van der Waals surface area contributed by atoms with Crippen LogP contribution < -0.4 is 10.0 Å². The van der Waals surface area contributed by atoms with E-state index in [1.807, 2.05) is 4.72 Å². The molecule has 0 saturated carbocycles. The summed E-state index contributed by atoms with van der Waals surface area (Å²) in [5, 5.41) is 3.00. The van der Waals surface area contributed by atoms with E-state index >= 15 is 0 Å². The molecule has 0 atom stereocenters. The largest absolute Gasteiger partial charge is 0.348 e. The lowest BCUT2D eigenvalue weighted by Crippen LogP contribution is -2.31. The van der Waals surface area contributed by atoms with Crippen LogP contribution in [0.1, 0.15) is 15.9 Å². The fourth-order valence-electron chi connectivity index (χ4n) is 4.24. The third-order valence-electron chi connectivity index (χ3n) is 6.27. The van der Waals surface area contributed by atoms with Gasteiger partial charge in [0.15, 0.2) is 0 Å².